The van der Waals surface area contributed by atoms with E-state index in [1.807, 2.05) is 20.8 Å². The van der Waals surface area contributed by atoms with Crippen molar-refractivity contribution in [1.29, 1.82) is 0 Å². The van der Waals surface area contributed by atoms with Crippen molar-refractivity contribution in [3.8, 4) is 0 Å². The van der Waals surface area contributed by atoms with Crippen LogP contribution in [0.1, 0.15) is 73.4 Å². The lowest BCUT2D eigenvalue weighted by atomic mass is 9.92. The van der Waals surface area contributed by atoms with Crippen molar-refractivity contribution in [1.82, 2.24) is 19.0 Å². The molecule has 9 heteroatoms. The number of carbonyl (C=O) groups excluding carboxylic acids is 1. The van der Waals surface area contributed by atoms with Gasteiger partial charge in [-0.05, 0) is 54.4 Å². The molecule has 0 aliphatic heterocycles. The highest BCUT2D eigenvalue weighted by atomic mass is 16.5. The van der Waals surface area contributed by atoms with Gasteiger partial charge < -0.3 is 10.1 Å². The van der Waals surface area contributed by atoms with Crippen LogP contribution in [-0.2, 0) is 16.6 Å². The first-order valence-electron chi connectivity index (χ1n) is 9.52. The molecule has 1 aromatic heterocycles. The molecule has 28 heavy (non-hydrogen) atoms. The Morgan fingerprint density at radius 2 is 1.54 bits per heavy atom. The molecule has 1 unspecified atom stereocenters. The van der Waals surface area contributed by atoms with Crippen molar-refractivity contribution in [2.45, 2.75) is 84.5 Å². The fraction of sp³-hybridized carbons (Fsp3) is 0.789. The number of amides is 1. The molecule has 0 aliphatic rings. The van der Waals surface area contributed by atoms with Gasteiger partial charge >= 0.3 is 17.1 Å². The lowest BCUT2D eigenvalue weighted by Gasteiger charge is -2.34. The fourth-order valence-corrected chi connectivity index (χ4v) is 3.05. The lowest BCUT2D eigenvalue weighted by molar-refractivity contribution is -0.141. The summed E-state index contributed by atoms with van der Waals surface area (Å²) in [5.74, 6) is -0.290. The Morgan fingerprint density at radius 3 is 1.96 bits per heavy atom. The SMILES string of the molecule is CCC(CC(C)(C)NC(=O)C(C)(C)OC)n1c(=O)n(C)c(=O)n(C(C)C)c1=O. The smallest absolute Gasteiger partial charge is 0.336 e. The van der Waals surface area contributed by atoms with Gasteiger partial charge in [-0.15, -0.1) is 0 Å². The van der Waals surface area contributed by atoms with Crippen LogP contribution in [0.2, 0.25) is 0 Å². The average Bonchev–Trinajstić information content (AvgIpc) is 2.58. The van der Waals surface area contributed by atoms with Crippen LogP contribution < -0.4 is 22.4 Å². The Bertz CT molecular complexity index is 889. The summed E-state index contributed by atoms with van der Waals surface area (Å²) in [6, 6.07) is -0.872. The van der Waals surface area contributed by atoms with Gasteiger partial charge in [0.25, 0.3) is 5.91 Å². The number of ether oxygens (including phenoxy) is 1. The van der Waals surface area contributed by atoms with E-state index in [4.69, 9.17) is 4.74 Å². The monoisotopic (exact) mass is 398 g/mol. The summed E-state index contributed by atoms with van der Waals surface area (Å²) < 4.78 is 8.35. The van der Waals surface area contributed by atoms with Crippen molar-refractivity contribution in [3.63, 3.8) is 0 Å². The van der Waals surface area contributed by atoms with Crippen LogP contribution in [0.5, 0.6) is 0 Å². The normalized spacial score (nSPS) is 13.6. The maximum Gasteiger partial charge on any atom is 0.336 e. The number of rotatable bonds is 8. The molecule has 1 aromatic rings. The van der Waals surface area contributed by atoms with Crippen molar-refractivity contribution < 1.29 is 9.53 Å². The predicted molar refractivity (Wildman–Crippen MR) is 108 cm³/mol. The standard InChI is InChI=1S/C19H34N4O5/c1-10-13(11-18(4,5)20-14(24)19(6,7)28-9)23-16(26)21(8)15(25)22(12(2)3)17(23)27/h12-13H,10-11H2,1-9H3,(H,20,24). The topological polar surface area (TPSA) is 104 Å². The average molecular weight is 399 g/mol. The van der Waals surface area contributed by atoms with E-state index in [1.165, 1.54) is 14.2 Å². The second kappa shape index (κ2) is 8.46. The third-order valence-electron chi connectivity index (χ3n) is 5.01. The Balaban J connectivity index is 3.40. The highest BCUT2D eigenvalue weighted by Gasteiger charge is 2.34. The van der Waals surface area contributed by atoms with Crippen molar-refractivity contribution >= 4 is 5.91 Å². The molecule has 0 fully saturated rings. The number of carbonyl (C=O) groups is 1. The van der Waals surface area contributed by atoms with Crippen molar-refractivity contribution in [2.24, 2.45) is 7.05 Å². The predicted octanol–water partition coefficient (Wildman–Crippen LogP) is 0.951. The minimum Gasteiger partial charge on any atom is -0.369 e. The molecular weight excluding hydrogens is 364 g/mol. The summed E-state index contributed by atoms with van der Waals surface area (Å²) in [4.78, 5) is 50.4. The minimum absolute atomic E-state index is 0.290. The van der Waals surface area contributed by atoms with Crippen molar-refractivity contribution in [2.75, 3.05) is 7.11 Å². The maximum absolute atomic E-state index is 12.9. The largest absolute Gasteiger partial charge is 0.369 e. The first-order chi connectivity index (χ1) is 12.7. The second-order valence-electron chi connectivity index (χ2n) is 8.56. The van der Waals surface area contributed by atoms with E-state index in [1.54, 1.807) is 27.7 Å². The van der Waals surface area contributed by atoms with Gasteiger partial charge in [-0.2, -0.15) is 0 Å². The second-order valence-corrected chi connectivity index (χ2v) is 8.56. The molecule has 0 saturated carbocycles. The first kappa shape index (κ1) is 23.9. The van der Waals surface area contributed by atoms with Crippen molar-refractivity contribution in [3.05, 3.63) is 31.5 Å². The Labute approximate surface area is 165 Å². The van der Waals surface area contributed by atoms with Crippen LogP contribution in [0.25, 0.3) is 0 Å². The highest BCUT2D eigenvalue weighted by molar-refractivity contribution is 5.84. The van der Waals surface area contributed by atoms with Gasteiger partial charge in [-0.1, -0.05) is 6.92 Å². The Morgan fingerprint density at radius 1 is 1.04 bits per heavy atom. The van der Waals surface area contributed by atoms with E-state index < -0.39 is 34.3 Å². The van der Waals surface area contributed by atoms with Crippen LogP contribution in [0.4, 0.5) is 0 Å². The molecule has 1 rings (SSSR count). The molecule has 1 heterocycles. The summed E-state index contributed by atoms with van der Waals surface area (Å²) in [7, 11) is 2.82. The molecule has 0 saturated heterocycles. The summed E-state index contributed by atoms with van der Waals surface area (Å²) in [5.41, 5.74) is -3.63. The molecule has 1 N–H and O–H groups in total. The summed E-state index contributed by atoms with van der Waals surface area (Å²) >= 11 is 0. The van der Waals surface area contributed by atoms with Gasteiger partial charge in [0, 0.05) is 31.8 Å². The van der Waals surface area contributed by atoms with E-state index in [2.05, 4.69) is 5.32 Å². The Kier molecular flexibility index (Phi) is 7.22. The summed E-state index contributed by atoms with van der Waals surface area (Å²) in [6.07, 6.45) is 0.818. The number of hydrogen-bond acceptors (Lipinski definition) is 5. The number of nitrogens with one attached hydrogen (secondary N) is 1. The number of aromatic nitrogens is 3. The quantitative estimate of drug-likeness (QED) is 0.702. The van der Waals surface area contributed by atoms with E-state index in [0.29, 0.717) is 12.8 Å². The first-order valence-corrected chi connectivity index (χ1v) is 9.52. The zero-order chi connectivity index (χ0) is 22.0. The van der Waals surface area contributed by atoms with Crippen LogP contribution in [0.3, 0.4) is 0 Å². The fourth-order valence-electron chi connectivity index (χ4n) is 3.05. The van der Waals surface area contributed by atoms with Gasteiger partial charge in [0.1, 0.15) is 5.60 Å². The van der Waals surface area contributed by atoms with Crippen LogP contribution in [-0.4, -0.2) is 37.9 Å². The van der Waals surface area contributed by atoms with Crippen LogP contribution in [0, 0.1) is 0 Å². The molecule has 0 aliphatic carbocycles. The van der Waals surface area contributed by atoms with Crippen LogP contribution >= 0.6 is 0 Å². The molecule has 0 radical (unpaired) electrons. The van der Waals surface area contributed by atoms with E-state index in [9.17, 15) is 19.2 Å². The van der Waals surface area contributed by atoms with Gasteiger partial charge in [0.2, 0.25) is 0 Å². The zero-order valence-electron chi connectivity index (χ0n) is 18.5. The van der Waals surface area contributed by atoms with Gasteiger partial charge in [0.15, 0.2) is 0 Å². The van der Waals surface area contributed by atoms with Gasteiger partial charge in [-0.25, -0.2) is 28.1 Å². The zero-order valence-corrected chi connectivity index (χ0v) is 18.5. The van der Waals surface area contributed by atoms with E-state index >= 15 is 0 Å². The number of methoxy groups -OCH3 is 1. The molecule has 0 aromatic carbocycles. The third kappa shape index (κ3) is 4.81. The minimum atomic E-state index is -1.00. The highest BCUT2D eigenvalue weighted by Crippen LogP contribution is 2.23. The molecule has 9 nitrogen and oxygen atoms in total. The summed E-state index contributed by atoms with van der Waals surface area (Å²) in [5, 5.41) is 2.93. The number of nitrogens with zero attached hydrogens (tertiary/aromatic N) is 3. The van der Waals surface area contributed by atoms with E-state index in [0.717, 1.165) is 13.7 Å². The third-order valence-corrected chi connectivity index (χ3v) is 5.01. The number of hydrogen-bond donors (Lipinski definition) is 1. The summed E-state index contributed by atoms with van der Waals surface area (Å²) in [6.45, 7) is 12.3. The Hall–Kier alpha value is -2.16. The molecule has 0 spiro atoms. The lowest BCUT2D eigenvalue weighted by Crippen LogP contribution is -2.57. The van der Waals surface area contributed by atoms with Crippen LogP contribution in [0.15, 0.2) is 14.4 Å². The maximum atomic E-state index is 12.9. The molecule has 1 atom stereocenters. The van der Waals surface area contributed by atoms with Gasteiger partial charge in [-0.3, -0.25) is 4.79 Å². The molecule has 160 valence electrons. The van der Waals surface area contributed by atoms with E-state index in [-0.39, 0.29) is 11.9 Å². The molecule has 1 amide bonds. The van der Waals surface area contributed by atoms with Gasteiger partial charge in [0.05, 0.1) is 0 Å². The molecule has 0 bridgehead atoms. The molecular formula is C19H34N4O5.